The lowest BCUT2D eigenvalue weighted by molar-refractivity contribution is -0.137. The van der Waals surface area contributed by atoms with Gasteiger partial charge in [0.15, 0.2) is 0 Å². The van der Waals surface area contributed by atoms with Crippen molar-refractivity contribution in [1.29, 1.82) is 0 Å². The van der Waals surface area contributed by atoms with Gasteiger partial charge in [0, 0.05) is 68.4 Å². The maximum absolute atomic E-state index is 13.9. The normalized spacial score (nSPS) is 15.8. The Morgan fingerprint density at radius 1 is 1.12 bits per heavy atom. The van der Waals surface area contributed by atoms with Gasteiger partial charge in [-0.3, -0.25) is 19.5 Å². The summed E-state index contributed by atoms with van der Waals surface area (Å²) < 4.78 is 50.4. The van der Waals surface area contributed by atoms with Crippen LogP contribution in [0.2, 0.25) is 0 Å². The molecule has 0 spiro atoms. The van der Waals surface area contributed by atoms with E-state index in [0.717, 1.165) is 25.2 Å². The molecule has 1 fully saturated rings. The number of fused-ring (bicyclic) bond motifs is 1. The quantitative estimate of drug-likeness (QED) is 0.407. The lowest BCUT2D eigenvalue weighted by Crippen LogP contribution is -2.51. The van der Waals surface area contributed by atoms with Crippen molar-refractivity contribution >= 4 is 35.1 Å². The lowest BCUT2D eigenvalue weighted by Gasteiger charge is -2.37. The fourth-order valence-corrected chi connectivity index (χ4v) is 4.78. The monoisotopic (exact) mass is 585 g/mol. The van der Waals surface area contributed by atoms with Crippen molar-refractivity contribution in [3.63, 3.8) is 0 Å². The lowest BCUT2D eigenvalue weighted by atomic mass is 10.1. The fourth-order valence-electron chi connectivity index (χ4n) is 4.78. The highest BCUT2D eigenvalue weighted by molar-refractivity contribution is 6.07. The zero-order chi connectivity index (χ0) is 29.9. The van der Waals surface area contributed by atoms with Crippen LogP contribution >= 0.6 is 0 Å². The molecule has 11 nitrogen and oxygen atoms in total. The second-order valence-electron chi connectivity index (χ2n) is 9.72. The Balaban J connectivity index is 1.43. The van der Waals surface area contributed by atoms with E-state index in [2.05, 4.69) is 25.5 Å². The van der Waals surface area contributed by atoms with Gasteiger partial charge in [0.1, 0.15) is 11.6 Å². The smallest absolute Gasteiger partial charge is 0.416 e. The first-order valence-corrected chi connectivity index (χ1v) is 13.3. The van der Waals surface area contributed by atoms with E-state index in [4.69, 9.17) is 9.47 Å². The zero-order valence-corrected chi connectivity index (χ0v) is 23.1. The molecule has 2 aromatic carbocycles. The predicted octanol–water partition coefficient (Wildman–Crippen LogP) is 4.08. The second-order valence-corrected chi connectivity index (χ2v) is 9.72. The van der Waals surface area contributed by atoms with Crippen LogP contribution < -0.4 is 25.2 Å². The maximum atomic E-state index is 13.9. The van der Waals surface area contributed by atoms with Crippen LogP contribution in [0, 0.1) is 0 Å². The molecule has 1 aromatic heterocycles. The molecule has 1 saturated heterocycles. The SMILES string of the molecule is CNc1ncc2c(n1)N(CCN1CCOCC1)C(=O)N(c1cc(NC(=O)c3cccc(C(F)(F)F)c3)cc(OC)c1)C2. The Kier molecular flexibility index (Phi) is 8.45. The van der Waals surface area contributed by atoms with E-state index in [9.17, 15) is 22.8 Å². The summed E-state index contributed by atoms with van der Waals surface area (Å²) in [6.07, 6.45) is -2.93. The van der Waals surface area contributed by atoms with Crippen LogP contribution in [0.15, 0.2) is 48.7 Å². The molecule has 2 N–H and O–H groups in total. The van der Waals surface area contributed by atoms with Gasteiger partial charge in [0.2, 0.25) is 5.95 Å². The van der Waals surface area contributed by atoms with Crippen molar-refractivity contribution in [2.75, 3.05) is 74.0 Å². The van der Waals surface area contributed by atoms with E-state index in [1.54, 1.807) is 30.3 Å². The molecule has 14 heteroatoms. The Hall–Kier alpha value is -4.43. The number of hydrogen-bond acceptors (Lipinski definition) is 8. The molecule has 2 aliphatic heterocycles. The van der Waals surface area contributed by atoms with Gasteiger partial charge in [0.25, 0.3) is 5.91 Å². The van der Waals surface area contributed by atoms with E-state index in [1.165, 1.54) is 30.2 Å². The number of anilines is 4. The van der Waals surface area contributed by atoms with Crippen LogP contribution in [-0.4, -0.2) is 80.4 Å². The first-order valence-electron chi connectivity index (χ1n) is 13.3. The molecule has 5 rings (SSSR count). The van der Waals surface area contributed by atoms with Crippen molar-refractivity contribution in [2.24, 2.45) is 0 Å². The van der Waals surface area contributed by atoms with Gasteiger partial charge < -0.3 is 20.1 Å². The summed E-state index contributed by atoms with van der Waals surface area (Å²) in [4.78, 5) is 41.1. The summed E-state index contributed by atoms with van der Waals surface area (Å²) in [5, 5.41) is 5.54. The Bertz CT molecular complexity index is 1460. The van der Waals surface area contributed by atoms with Crippen LogP contribution in [0.3, 0.4) is 0 Å². The zero-order valence-electron chi connectivity index (χ0n) is 23.1. The number of methoxy groups -OCH3 is 1. The highest BCUT2D eigenvalue weighted by Gasteiger charge is 2.34. The van der Waals surface area contributed by atoms with Crippen LogP contribution in [0.5, 0.6) is 5.75 Å². The molecule has 222 valence electrons. The number of alkyl halides is 3. The molecular weight excluding hydrogens is 555 g/mol. The number of benzene rings is 2. The molecule has 0 saturated carbocycles. The summed E-state index contributed by atoms with van der Waals surface area (Å²) in [7, 11) is 3.13. The third-order valence-electron chi connectivity index (χ3n) is 7.00. The number of urea groups is 1. The molecular formula is C28H30F3N7O4. The summed E-state index contributed by atoms with van der Waals surface area (Å²) in [6.45, 7) is 3.90. The Morgan fingerprint density at radius 2 is 1.90 bits per heavy atom. The highest BCUT2D eigenvalue weighted by Crippen LogP contribution is 2.35. The standard InChI is InChI=1S/C28H30F3N7O4/c1-32-26-33-16-19-17-38(27(40)37(24(19)35-26)7-6-36-8-10-42-11-9-36)22-13-21(14-23(15-22)41-2)34-25(39)18-4-3-5-20(12-18)28(29,30)31/h3-5,12-16H,6-11,17H2,1-2H3,(H,34,39)(H,32,33,35). The van der Waals surface area contributed by atoms with Crippen LogP contribution in [0.1, 0.15) is 21.5 Å². The first kappa shape index (κ1) is 29.1. The number of halogens is 3. The molecule has 42 heavy (non-hydrogen) atoms. The van der Waals surface area contributed by atoms with Crippen molar-refractivity contribution in [2.45, 2.75) is 12.7 Å². The number of carbonyl (C=O) groups excluding carboxylic acids is 2. The largest absolute Gasteiger partial charge is 0.497 e. The highest BCUT2D eigenvalue weighted by atomic mass is 19.4. The summed E-state index contributed by atoms with van der Waals surface area (Å²) in [5.41, 5.74) is 0.280. The molecule has 2 aliphatic rings. The van der Waals surface area contributed by atoms with Crippen molar-refractivity contribution in [1.82, 2.24) is 14.9 Å². The topological polar surface area (TPSA) is 112 Å². The third kappa shape index (κ3) is 6.39. The molecule has 3 aromatic rings. The number of rotatable bonds is 8. The summed E-state index contributed by atoms with van der Waals surface area (Å²) in [5.74, 6) is 0.486. The molecule has 3 amide bonds. The van der Waals surface area contributed by atoms with E-state index in [-0.39, 0.29) is 23.8 Å². The van der Waals surface area contributed by atoms with Gasteiger partial charge in [-0.25, -0.2) is 9.78 Å². The average molecular weight is 586 g/mol. The van der Waals surface area contributed by atoms with E-state index in [0.29, 0.717) is 55.1 Å². The molecule has 0 atom stereocenters. The number of aromatic nitrogens is 2. The number of nitrogens with one attached hydrogen (secondary N) is 2. The van der Waals surface area contributed by atoms with Crippen LogP contribution in [0.25, 0.3) is 0 Å². The van der Waals surface area contributed by atoms with Crippen molar-refractivity contribution < 1.29 is 32.2 Å². The summed E-state index contributed by atoms with van der Waals surface area (Å²) in [6, 6.07) is 8.55. The minimum Gasteiger partial charge on any atom is -0.497 e. The van der Waals surface area contributed by atoms with Gasteiger partial charge in [0.05, 0.1) is 38.1 Å². The first-order chi connectivity index (χ1) is 20.2. The minimum absolute atomic E-state index is 0.153. The van der Waals surface area contributed by atoms with Crippen LogP contribution in [0.4, 0.5) is 41.1 Å². The number of amides is 3. The predicted molar refractivity (Wildman–Crippen MR) is 150 cm³/mol. The van der Waals surface area contributed by atoms with Gasteiger partial charge in [-0.2, -0.15) is 18.2 Å². The number of hydrogen-bond donors (Lipinski definition) is 2. The van der Waals surface area contributed by atoms with Crippen molar-refractivity contribution in [3.8, 4) is 5.75 Å². The fraction of sp³-hybridized carbons (Fsp3) is 0.357. The minimum atomic E-state index is -4.59. The molecule has 0 bridgehead atoms. The number of morpholine rings is 1. The maximum Gasteiger partial charge on any atom is 0.416 e. The van der Waals surface area contributed by atoms with Gasteiger partial charge in [-0.1, -0.05) is 6.07 Å². The Morgan fingerprint density at radius 3 is 2.62 bits per heavy atom. The second kappa shape index (κ2) is 12.2. The molecule has 3 heterocycles. The van der Waals surface area contributed by atoms with E-state index < -0.39 is 17.6 Å². The number of nitrogens with zero attached hydrogens (tertiary/aromatic N) is 5. The number of ether oxygens (including phenoxy) is 2. The van der Waals surface area contributed by atoms with Crippen LogP contribution in [-0.2, 0) is 17.5 Å². The van der Waals surface area contributed by atoms with Gasteiger partial charge in [-0.05, 0) is 24.3 Å². The van der Waals surface area contributed by atoms with Gasteiger partial charge in [-0.15, -0.1) is 0 Å². The van der Waals surface area contributed by atoms with Gasteiger partial charge >= 0.3 is 12.2 Å². The van der Waals surface area contributed by atoms with E-state index >= 15 is 0 Å². The average Bonchev–Trinajstić information content (AvgIpc) is 3.00. The van der Waals surface area contributed by atoms with Crippen molar-refractivity contribution in [3.05, 3.63) is 65.4 Å². The van der Waals surface area contributed by atoms with E-state index in [1.807, 2.05) is 0 Å². The Labute approximate surface area is 240 Å². The molecule has 0 aliphatic carbocycles. The third-order valence-corrected chi connectivity index (χ3v) is 7.00. The summed E-state index contributed by atoms with van der Waals surface area (Å²) >= 11 is 0. The molecule has 0 radical (unpaired) electrons. The molecule has 0 unspecified atom stereocenters. The number of carbonyl (C=O) groups is 2.